The molecule has 0 aliphatic carbocycles. The van der Waals surface area contributed by atoms with Gasteiger partial charge in [-0.25, -0.2) is 8.42 Å². The Morgan fingerprint density at radius 1 is 1.15 bits per heavy atom. The Morgan fingerprint density at radius 3 is 2.48 bits per heavy atom. The summed E-state index contributed by atoms with van der Waals surface area (Å²) in [5.41, 5.74) is 2.49. The van der Waals surface area contributed by atoms with E-state index in [0.717, 1.165) is 22.5 Å². The Kier molecular flexibility index (Phi) is 5.70. The summed E-state index contributed by atoms with van der Waals surface area (Å²) in [6.07, 6.45) is 1.80. The second-order valence-electron chi connectivity index (χ2n) is 6.61. The highest BCUT2D eigenvalue weighted by Crippen LogP contribution is 2.33. The molecule has 0 bridgehead atoms. The number of carbonyl (C=O) groups is 1. The molecule has 8 heteroatoms. The number of anilines is 1. The van der Waals surface area contributed by atoms with Crippen LogP contribution in [-0.4, -0.2) is 38.1 Å². The molecule has 27 heavy (non-hydrogen) atoms. The molecule has 0 aromatic heterocycles. The van der Waals surface area contributed by atoms with Gasteiger partial charge in [-0.3, -0.25) is 9.10 Å². The molecule has 0 spiro atoms. The normalized spacial score (nSPS) is 15.2. The van der Waals surface area contributed by atoms with E-state index in [0.29, 0.717) is 18.1 Å². The van der Waals surface area contributed by atoms with E-state index in [1.165, 1.54) is 17.7 Å². The van der Waals surface area contributed by atoms with Crippen LogP contribution >= 0.6 is 23.2 Å². The molecule has 0 radical (unpaired) electrons. The van der Waals surface area contributed by atoms with Crippen molar-refractivity contribution in [2.24, 2.45) is 0 Å². The maximum absolute atomic E-state index is 13.1. The number of hydrogen-bond donors (Lipinski definition) is 0. The minimum Gasteiger partial charge on any atom is -0.336 e. The summed E-state index contributed by atoms with van der Waals surface area (Å²) in [6, 6.07) is 11.6. The van der Waals surface area contributed by atoms with Crippen LogP contribution in [-0.2, 0) is 27.8 Å². The van der Waals surface area contributed by atoms with Crippen molar-refractivity contribution >= 4 is 44.8 Å². The van der Waals surface area contributed by atoms with Gasteiger partial charge in [0.1, 0.15) is 6.04 Å². The van der Waals surface area contributed by atoms with Crippen LogP contribution in [0.1, 0.15) is 18.1 Å². The van der Waals surface area contributed by atoms with Crippen LogP contribution in [0.4, 0.5) is 5.69 Å². The lowest BCUT2D eigenvalue weighted by atomic mass is 9.99. The van der Waals surface area contributed by atoms with Crippen molar-refractivity contribution in [3.05, 3.63) is 63.6 Å². The van der Waals surface area contributed by atoms with E-state index < -0.39 is 16.1 Å². The highest BCUT2D eigenvalue weighted by molar-refractivity contribution is 7.92. The molecule has 0 saturated heterocycles. The van der Waals surface area contributed by atoms with E-state index in [2.05, 4.69) is 6.07 Å². The molecule has 0 N–H and O–H groups in total. The fourth-order valence-electron chi connectivity index (χ4n) is 3.38. The van der Waals surface area contributed by atoms with Gasteiger partial charge in [0.15, 0.2) is 0 Å². The predicted molar refractivity (Wildman–Crippen MR) is 109 cm³/mol. The number of sulfonamides is 1. The van der Waals surface area contributed by atoms with Crippen LogP contribution in [0.15, 0.2) is 42.5 Å². The maximum atomic E-state index is 13.1. The highest BCUT2D eigenvalue weighted by Gasteiger charge is 2.34. The third kappa shape index (κ3) is 4.23. The lowest BCUT2D eigenvalue weighted by Gasteiger charge is -2.35. The zero-order valence-corrected chi connectivity index (χ0v) is 17.4. The Balaban J connectivity index is 1.92. The number of rotatable bonds is 4. The van der Waals surface area contributed by atoms with Crippen molar-refractivity contribution in [1.82, 2.24) is 4.90 Å². The van der Waals surface area contributed by atoms with Crippen LogP contribution in [0.25, 0.3) is 0 Å². The lowest BCUT2D eigenvalue weighted by Crippen LogP contribution is -2.50. The Bertz CT molecular complexity index is 979. The zero-order valence-electron chi connectivity index (χ0n) is 15.0. The summed E-state index contributed by atoms with van der Waals surface area (Å²) >= 11 is 12.2. The van der Waals surface area contributed by atoms with Crippen molar-refractivity contribution in [3.8, 4) is 0 Å². The summed E-state index contributed by atoms with van der Waals surface area (Å²) in [5, 5.41) is 0.558. The maximum Gasteiger partial charge on any atom is 0.246 e. The first-order valence-corrected chi connectivity index (χ1v) is 11.1. The van der Waals surface area contributed by atoms with Crippen molar-refractivity contribution in [2.45, 2.75) is 25.9 Å². The molecule has 3 rings (SSSR count). The van der Waals surface area contributed by atoms with Gasteiger partial charge in [-0.05, 0) is 42.7 Å². The second kappa shape index (κ2) is 7.70. The predicted octanol–water partition coefficient (Wildman–Crippen LogP) is 3.73. The van der Waals surface area contributed by atoms with E-state index in [1.54, 1.807) is 17.9 Å². The highest BCUT2D eigenvalue weighted by atomic mass is 35.5. The monoisotopic (exact) mass is 426 g/mol. The Hall–Kier alpha value is -1.76. The molecule has 0 saturated carbocycles. The molecule has 1 heterocycles. The average Bonchev–Trinajstić information content (AvgIpc) is 2.62. The zero-order chi connectivity index (χ0) is 19.8. The third-order valence-electron chi connectivity index (χ3n) is 4.65. The molecule has 0 unspecified atom stereocenters. The quantitative estimate of drug-likeness (QED) is 0.747. The summed E-state index contributed by atoms with van der Waals surface area (Å²) < 4.78 is 26.0. The van der Waals surface area contributed by atoms with Gasteiger partial charge in [-0.1, -0.05) is 47.5 Å². The van der Waals surface area contributed by atoms with E-state index in [-0.39, 0.29) is 16.6 Å². The minimum absolute atomic E-state index is 0.199. The van der Waals surface area contributed by atoms with E-state index in [9.17, 15) is 13.2 Å². The number of nitrogens with zero attached hydrogens (tertiary/aromatic N) is 2. The number of amides is 1. The number of carbonyl (C=O) groups excluding carboxylic acids is 1. The van der Waals surface area contributed by atoms with Crippen molar-refractivity contribution in [3.63, 3.8) is 0 Å². The van der Waals surface area contributed by atoms with E-state index >= 15 is 0 Å². The van der Waals surface area contributed by atoms with Gasteiger partial charge in [0.05, 0.1) is 17.0 Å². The first kappa shape index (κ1) is 20.0. The molecule has 5 nitrogen and oxygen atoms in total. The SMILES string of the molecule is C[C@@H](C(=O)N1CCc2ccccc2C1)N(c1cc(Cl)ccc1Cl)S(C)(=O)=O. The molecule has 1 amide bonds. The molecule has 2 aromatic rings. The van der Waals surface area contributed by atoms with Gasteiger partial charge in [0, 0.05) is 18.1 Å². The van der Waals surface area contributed by atoms with Gasteiger partial charge in [-0.2, -0.15) is 0 Å². The number of hydrogen-bond acceptors (Lipinski definition) is 3. The molecule has 144 valence electrons. The average molecular weight is 427 g/mol. The fraction of sp³-hybridized carbons (Fsp3) is 0.316. The van der Waals surface area contributed by atoms with Crippen molar-refractivity contribution in [2.75, 3.05) is 17.1 Å². The molecule has 1 aliphatic heterocycles. The van der Waals surface area contributed by atoms with Gasteiger partial charge >= 0.3 is 0 Å². The molecular formula is C19H20Cl2N2O3S. The third-order valence-corrected chi connectivity index (χ3v) is 6.44. The van der Waals surface area contributed by atoms with E-state index in [1.807, 2.05) is 18.2 Å². The van der Waals surface area contributed by atoms with Crippen LogP contribution in [0.2, 0.25) is 10.0 Å². The van der Waals surface area contributed by atoms with Crippen LogP contribution in [0, 0.1) is 0 Å². The second-order valence-corrected chi connectivity index (χ2v) is 9.31. The molecule has 0 fully saturated rings. The molecule has 1 aliphatic rings. The van der Waals surface area contributed by atoms with Crippen molar-refractivity contribution < 1.29 is 13.2 Å². The molecular weight excluding hydrogens is 407 g/mol. The topological polar surface area (TPSA) is 57.7 Å². The Labute approximate surface area is 169 Å². The molecule has 1 atom stereocenters. The van der Waals surface area contributed by atoms with Gasteiger partial charge in [-0.15, -0.1) is 0 Å². The van der Waals surface area contributed by atoms with Crippen LogP contribution in [0.3, 0.4) is 0 Å². The largest absolute Gasteiger partial charge is 0.336 e. The van der Waals surface area contributed by atoms with Gasteiger partial charge < -0.3 is 4.90 Å². The standard InChI is InChI=1S/C19H20Cl2N2O3S/c1-13(19(24)22-10-9-14-5-3-4-6-15(14)12-22)23(27(2,25)26)18-11-16(20)7-8-17(18)21/h3-8,11,13H,9-10,12H2,1-2H3/t13-/m0/s1. The number of fused-ring (bicyclic) bond motifs is 1. The van der Waals surface area contributed by atoms with E-state index in [4.69, 9.17) is 23.2 Å². The summed E-state index contributed by atoms with van der Waals surface area (Å²) in [4.78, 5) is 14.8. The smallest absolute Gasteiger partial charge is 0.246 e. The van der Waals surface area contributed by atoms with Gasteiger partial charge in [0.25, 0.3) is 0 Å². The van der Waals surface area contributed by atoms with Crippen molar-refractivity contribution in [1.29, 1.82) is 0 Å². The van der Waals surface area contributed by atoms with Gasteiger partial charge in [0.2, 0.25) is 15.9 Å². The summed E-state index contributed by atoms with van der Waals surface area (Å²) in [5.74, 6) is -0.272. The lowest BCUT2D eigenvalue weighted by molar-refractivity contribution is -0.132. The fourth-order valence-corrected chi connectivity index (χ4v) is 4.98. The first-order valence-electron chi connectivity index (χ1n) is 8.48. The minimum atomic E-state index is -3.76. The summed E-state index contributed by atoms with van der Waals surface area (Å²) in [7, 11) is -3.76. The van der Waals surface area contributed by atoms with Crippen LogP contribution in [0.5, 0.6) is 0 Å². The Morgan fingerprint density at radius 2 is 1.81 bits per heavy atom. The number of halogens is 2. The number of benzene rings is 2. The molecule has 2 aromatic carbocycles. The van der Waals surface area contributed by atoms with Crippen LogP contribution < -0.4 is 4.31 Å². The first-order chi connectivity index (χ1) is 12.7. The summed E-state index contributed by atoms with van der Waals surface area (Å²) in [6.45, 7) is 2.57.